The number of imidazole rings is 1. The van der Waals surface area contributed by atoms with Crippen LogP contribution < -0.4 is 5.32 Å². The second-order valence-corrected chi connectivity index (χ2v) is 12.1. The Morgan fingerprint density at radius 3 is 1.96 bits per heavy atom. The summed E-state index contributed by atoms with van der Waals surface area (Å²) in [5, 5.41) is 13.9. The van der Waals surface area contributed by atoms with E-state index in [4.69, 9.17) is 20.3 Å². The van der Waals surface area contributed by atoms with E-state index >= 15 is 0 Å². The van der Waals surface area contributed by atoms with E-state index in [-0.39, 0.29) is 30.2 Å². The van der Waals surface area contributed by atoms with E-state index in [1.807, 2.05) is 45.9 Å². The third-order valence-corrected chi connectivity index (χ3v) is 9.04. The van der Waals surface area contributed by atoms with Gasteiger partial charge in [0.15, 0.2) is 5.72 Å². The van der Waals surface area contributed by atoms with E-state index in [2.05, 4.69) is 20.3 Å². The van der Waals surface area contributed by atoms with E-state index in [9.17, 15) is 19.1 Å². The van der Waals surface area contributed by atoms with Crippen LogP contribution in [0.4, 0.5) is 4.39 Å². The van der Waals surface area contributed by atoms with Crippen molar-refractivity contribution in [2.45, 2.75) is 77.4 Å². The summed E-state index contributed by atoms with van der Waals surface area (Å²) in [6, 6.07) is 7.33. The molecule has 254 valence electrons. The van der Waals surface area contributed by atoms with Crippen molar-refractivity contribution in [3.05, 3.63) is 74.6 Å². The molecule has 11 nitrogen and oxygen atoms in total. The molecule has 0 spiro atoms. The minimum Gasteiger partial charge on any atom is -0.465 e. The van der Waals surface area contributed by atoms with Gasteiger partial charge in [0.25, 0.3) is 0 Å². The minimum atomic E-state index is -1.07. The Bertz CT molecular complexity index is 1670. The lowest BCUT2D eigenvalue weighted by molar-refractivity contribution is 0.00886. The summed E-state index contributed by atoms with van der Waals surface area (Å²) in [5.41, 5.74) is 7.80. The molecule has 2 aromatic carbocycles. The maximum Gasteiger partial charge on any atom is 0.338 e. The number of amidine groups is 1. The molecular formula is C35H45FN4O7. The van der Waals surface area contributed by atoms with Gasteiger partial charge in [-0.25, -0.2) is 14.6 Å². The smallest absolute Gasteiger partial charge is 0.338 e. The van der Waals surface area contributed by atoms with Crippen LogP contribution in [0.25, 0.3) is 11.4 Å². The highest BCUT2D eigenvalue weighted by molar-refractivity contribution is 6.04. The van der Waals surface area contributed by atoms with E-state index in [1.165, 1.54) is 14.2 Å². The predicted octanol–water partition coefficient (Wildman–Crippen LogP) is 4.49. The number of nitrogens with one attached hydrogen (secondary N) is 2. The molecule has 1 aliphatic heterocycles. The number of H-pyrrole nitrogens is 1. The molecule has 3 aromatic rings. The number of halogens is 1. The van der Waals surface area contributed by atoms with Gasteiger partial charge in [-0.1, -0.05) is 12.1 Å². The van der Waals surface area contributed by atoms with Crippen molar-refractivity contribution in [1.82, 2.24) is 15.3 Å². The SMILES string of the molecule is COC(=O)c1cc(-c2nc3c([nH]2)CC(OC)C3)c(C)cc1C.COC(=O)c1cc(C2=NC3CC(OC)CC3(O)N2)c(C)cc1C.[2H]CF. The van der Waals surface area contributed by atoms with Crippen molar-refractivity contribution in [3.63, 3.8) is 0 Å². The van der Waals surface area contributed by atoms with Crippen LogP contribution in [0.1, 0.15) is 74.1 Å². The lowest BCUT2D eigenvalue weighted by atomic mass is 9.99. The summed E-state index contributed by atoms with van der Waals surface area (Å²) in [7, 11) is 5.13. The van der Waals surface area contributed by atoms with Crippen LogP contribution in [0.3, 0.4) is 0 Å². The molecule has 12 heteroatoms. The number of ether oxygens (including phenoxy) is 4. The van der Waals surface area contributed by atoms with Crippen LogP contribution in [-0.2, 0) is 31.8 Å². The maximum atomic E-state index is 11.9. The molecule has 47 heavy (non-hydrogen) atoms. The van der Waals surface area contributed by atoms with Gasteiger partial charge in [-0.15, -0.1) is 0 Å². The molecule has 0 radical (unpaired) electrons. The number of benzene rings is 2. The van der Waals surface area contributed by atoms with Crippen LogP contribution in [0.15, 0.2) is 29.3 Å². The van der Waals surface area contributed by atoms with E-state index in [0.29, 0.717) is 29.8 Å². The second kappa shape index (κ2) is 14.7. The largest absolute Gasteiger partial charge is 0.465 e. The highest BCUT2D eigenvalue weighted by Crippen LogP contribution is 2.37. The average molecular weight is 654 g/mol. The van der Waals surface area contributed by atoms with Gasteiger partial charge in [0.1, 0.15) is 17.7 Å². The molecule has 3 N–H and O–H groups in total. The molecule has 2 heterocycles. The first kappa shape index (κ1) is 34.2. The standard InChI is InChI=1S/C17H22N2O4.C17H20N2O3.CH3F/c1-9-5-10(2)13(16(20)23-4)7-12(9)15-18-14-6-11(22-3)8-17(14,21)19-15;1-9-5-10(2)13(17(20)22-4)8-12(9)16-18-14-6-11(21-3)7-15(14)19-16;1-2/h5,7,11,14,21H,6,8H2,1-4H3,(H,18,19);5,8,11H,6-7H2,1-4H3,(H,18,19);1H3/i;;1D. The Labute approximate surface area is 276 Å². The van der Waals surface area contributed by atoms with Gasteiger partial charge in [0.2, 0.25) is 0 Å². The first-order chi connectivity index (χ1) is 22.8. The number of hydrogen-bond acceptors (Lipinski definition) is 10. The molecule has 1 fully saturated rings. The highest BCUT2D eigenvalue weighted by atomic mass is 19.1. The van der Waals surface area contributed by atoms with Gasteiger partial charge in [-0.3, -0.25) is 9.38 Å². The first-order valence-corrected chi connectivity index (χ1v) is 15.3. The van der Waals surface area contributed by atoms with Crippen molar-refractivity contribution in [3.8, 4) is 11.4 Å². The zero-order chi connectivity index (χ0) is 35.3. The Morgan fingerprint density at radius 1 is 0.894 bits per heavy atom. The molecule has 3 aliphatic rings. The van der Waals surface area contributed by atoms with Crippen molar-refractivity contribution in [2.75, 3.05) is 35.6 Å². The predicted molar refractivity (Wildman–Crippen MR) is 176 cm³/mol. The van der Waals surface area contributed by atoms with Crippen LogP contribution in [-0.4, -0.2) is 92.4 Å². The topological polar surface area (TPSA) is 144 Å². The normalized spacial score (nSPS) is 21.2. The fourth-order valence-corrected chi connectivity index (χ4v) is 6.48. The van der Waals surface area contributed by atoms with Gasteiger partial charge >= 0.3 is 11.9 Å². The van der Waals surface area contributed by atoms with Gasteiger partial charge in [0.05, 0.1) is 51.8 Å². The summed E-state index contributed by atoms with van der Waals surface area (Å²) in [5.74, 6) is 0.731. The van der Waals surface area contributed by atoms with Crippen molar-refractivity contribution >= 4 is 17.8 Å². The summed E-state index contributed by atoms with van der Waals surface area (Å²) in [6.07, 6.45) is 3.08. The van der Waals surface area contributed by atoms with Crippen molar-refractivity contribution < 1.29 is 39.4 Å². The highest BCUT2D eigenvalue weighted by Gasteiger charge is 2.51. The summed E-state index contributed by atoms with van der Waals surface area (Å²) in [4.78, 5) is 36.5. The third kappa shape index (κ3) is 7.24. The second-order valence-electron chi connectivity index (χ2n) is 12.1. The molecule has 4 unspecified atom stereocenters. The number of alkyl halides is 1. The number of aliphatic hydroxyl groups is 1. The molecule has 0 bridgehead atoms. The molecule has 0 amide bonds. The van der Waals surface area contributed by atoms with Crippen molar-refractivity contribution in [1.29, 1.82) is 0 Å². The number of methoxy groups -OCH3 is 4. The van der Waals surface area contributed by atoms with Crippen molar-refractivity contribution in [2.24, 2.45) is 4.99 Å². The maximum absolute atomic E-state index is 11.9. The molecule has 1 saturated carbocycles. The molecule has 0 saturated heterocycles. The lowest BCUT2D eigenvalue weighted by Crippen LogP contribution is -2.47. The number of aryl methyl sites for hydroxylation is 4. The number of esters is 2. The number of fused-ring (bicyclic) bond motifs is 2. The molecular weight excluding hydrogens is 607 g/mol. The Balaban J connectivity index is 0.000000201. The number of rotatable bonds is 6. The first-order valence-electron chi connectivity index (χ1n) is 16.0. The van der Waals surface area contributed by atoms with Crippen LogP contribution in [0, 0.1) is 27.7 Å². The molecule has 2 aliphatic carbocycles. The number of carbonyl (C=O) groups excluding carboxylic acids is 2. The number of carbonyl (C=O) groups is 2. The molecule has 1 aromatic heterocycles. The fraction of sp³-hybridized carbons (Fsp3) is 0.486. The number of aromatic nitrogens is 2. The van der Waals surface area contributed by atoms with Gasteiger partial charge in [-0.2, -0.15) is 0 Å². The number of hydrogen-bond donors (Lipinski definition) is 3. The third-order valence-electron chi connectivity index (χ3n) is 9.04. The van der Waals surface area contributed by atoms with E-state index in [1.54, 1.807) is 20.3 Å². The average Bonchev–Trinajstić information content (AvgIpc) is 3.78. The fourth-order valence-electron chi connectivity index (χ4n) is 6.48. The minimum absolute atomic E-state index is 0.00699. The quantitative estimate of drug-likeness (QED) is 0.328. The monoisotopic (exact) mass is 653 g/mol. The van der Waals surface area contributed by atoms with Gasteiger partial charge < -0.3 is 34.4 Å². The van der Waals surface area contributed by atoms with Crippen LogP contribution in [0.2, 0.25) is 0 Å². The number of nitrogens with zero attached hydrogens (tertiary/aromatic N) is 2. The number of aliphatic imine (C=N–C) groups is 1. The summed E-state index contributed by atoms with van der Waals surface area (Å²) >= 11 is 0. The van der Waals surface area contributed by atoms with Gasteiger partial charge in [0, 0.05) is 56.7 Å². The summed E-state index contributed by atoms with van der Waals surface area (Å²) < 4.78 is 35.9. The van der Waals surface area contributed by atoms with Gasteiger partial charge in [-0.05, 0) is 62.1 Å². The van der Waals surface area contributed by atoms with Crippen LogP contribution in [0.5, 0.6) is 0 Å². The Morgan fingerprint density at radius 2 is 1.45 bits per heavy atom. The van der Waals surface area contributed by atoms with Crippen LogP contribution >= 0.6 is 0 Å². The summed E-state index contributed by atoms with van der Waals surface area (Å²) in [6.45, 7) is 7.77. The zero-order valence-corrected chi connectivity index (χ0v) is 28.2. The molecule has 4 atom stereocenters. The van der Waals surface area contributed by atoms with E-state index in [0.717, 1.165) is 63.4 Å². The van der Waals surface area contributed by atoms with E-state index < -0.39 is 12.9 Å². The molecule has 6 rings (SSSR count). The lowest BCUT2D eigenvalue weighted by Gasteiger charge is -2.23. The Kier molecular flexibility index (Phi) is 10.7. The Hall–Kier alpha value is -4.13. The number of aromatic amines is 1. The zero-order valence-electron chi connectivity index (χ0n) is 29.2.